The molecule has 0 saturated carbocycles. The summed E-state index contributed by atoms with van der Waals surface area (Å²) in [6.07, 6.45) is 9.13. The second-order valence-corrected chi connectivity index (χ2v) is 5.30. The van der Waals surface area contributed by atoms with Gasteiger partial charge in [0.2, 0.25) is 0 Å². The van der Waals surface area contributed by atoms with Gasteiger partial charge in [0.25, 0.3) is 0 Å². The maximum Gasteiger partial charge on any atom is 0.0704 e. The Morgan fingerprint density at radius 1 is 1.11 bits per heavy atom. The number of para-hydroxylation sites is 1. The van der Waals surface area contributed by atoms with Gasteiger partial charge < -0.3 is 5.73 Å². The highest BCUT2D eigenvalue weighted by Crippen LogP contribution is 2.18. The molecule has 0 aliphatic heterocycles. The fourth-order valence-electron chi connectivity index (χ4n) is 2.55. The average Bonchev–Trinajstić information content (AvgIpc) is 2.44. The summed E-state index contributed by atoms with van der Waals surface area (Å²) in [5, 5.41) is 1.24. The minimum atomic E-state index is 0.266. The Kier molecular flexibility index (Phi) is 5.34. The molecule has 1 aromatic heterocycles. The van der Waals surface area contributed by atoms with Crippen molar-refractivity contribution in [3.05, 3.63) is 42.1 Å². The standard InChI is InChI=1S/C17H24N2/c1-2-3-4-5-8-15(18)13-14-11-12-19-17-10-7-6-9-16(14)17/h6-7,9-12,15H,2-5,8,13,18H2,1H3. The van der Waals surface area contributed by atoms with E-state index >= 15 is 0 Å². The Hall–Kier alpha value is -1.41. The van der Waals surface area contributed by atoms with Crippen LogP contribution in [0, 0.1) is 0 Å². The van der Waals surface area contributed by atoms with Gasteiger partial charge in [-0.3, -0.25) is 4.98 Å². The number of hydrogen-bond donors (Lipinski definition) is 1. The molecule has 0 amide bonds. The summed E-state index contributed by atoms with van der Waals surface area (Å²) in [5.74, 6) is 0. The van der Waals surface area contributed by atoms with Crippen molar-refractivity contribution in [2.24, 2.45) is 5.73 Å². The summed E-state index contributed by atoms with van der Waals surface area (Å²) < 4.78 is 0. The lowest BCUT2D eigenvalue weighted by Gasteiger charge is -2.13. The first-order valence-corrected chi connectivity index (χ1v) is 7.39. The number of nitrogens with two attached hydrogens (primary N) is 1. The summed E-state index contributed by atoms with van der Waals surface area (Å²) in [4.78, 5) is 4.39. The van der Waals surface area contributed by atoms with E-state index in [2.05, 4.69) is 36.2 Å². The van der Waals surface area contributed by atoms with Crippen LogP contribution in [-0.4, -0.2) is 11.0 Å². The predicted octanol–water partition coefficient (Wildman–Crippen LogP) is 4.08. The molecule has 0 radical (unpaired) electrons. The summed E-state index contributed by atoms with van der Waals surface area (Å²) in [7, 11) is 0. The Bertz CT molecular complexity index is 502. The average molecular weight is 256 g/mol. The Morgan fingerprint density at radius 3 is 2.79 bits per heavy atom. The van der Waals surface area contributed by atoms with Crippen molar-refractivity contribution in [3.8, 4) is 0 Å². The molecule has 102 valence electrons. The molecular formula is C17H24N2. The van der Waals surface area contributed by atoms with Gasteiger partial charge in [-0.15, -0.1) is 0 Å². The molecule has 2 heteroatoms. The van der Waals surface area contributed by atoms with Crippen LogP contribution < -0.4 is 5.73 Å². The van der Waals surface area contributed by atoms with Crippen LogP contribution in [0.3, 0.4) is 0 Å². The maximum atomic E-state index is 6.26. The van der Waals surface area contributed by atoms with E-state index in [0.717, 1.165) is 18.4 Å². The second-order valence-electron chi connectivity index (χ2n) is 5.30. The largest absolute Gasteiger partial charge is 0.327 e. The minimum Gasteiger partial charge on any atom is -0.327 e. The summed E-state index contributed by atoms with van der Waals surface area (Å²) in [6, 6.07) is 10.7. The smallest absolute Gasteiger partial charge is 0.0704 e. The highest BCUT2D eigenvalue weighted by molar-refractivity contribution is 5.81. The van der Waals surface area contributed by atoms with Gasteiger partial charge in [0.05, 0.1) is 5.52 Å². The van der Waals surface area contributed by atoms with Crippen molar-refractivity contribution in [1.82, 2.24) is 4.98 Å². The zero-order chi connectivity index (χ0) is 13.5. The molecule has 0 aliphatic carbocycles. The van der Waals surface area contributed by atoms with Crippen molar-refractivity contribution >= 4 is 10.9 Å². The molecule has 0 fully saturated rings. The SMILES string of the molecule is CCCCCCC(N)Cc1ccnc2ccccc12. The normalized spacial score (nSPS) is 12.7. The van der Waals surface area contributed by atoms with Crippen molar-refractivity contribution in [1.29, 1.82) is 0 Å². The van der Waals surface area contributed by atoms with Crippen LogP contribution >= 0.6 is 0 Å². The number of rotatable bonds is 7. The van der Waals surface area contributed by atoms with Crippen LogP contribution in [0.5, 0.6) is 0 Å². The van der Waals surface area contributed by atoms with Crippen LogP contribution in [0.2, 0.25) is 0 Å². The lowest BCUT2D eigenvalue weighted by atomic mass is 9.98. The third kappa shape index (κ3) is 4.03. The molecule has 0 saturated heterocycles. The molecule has 2 aromatic rings. The molecule has 0 aliphatic rings. The maximum absolute atomic E-state index is 6.26. The fraction of sp³-hybridized carbons (Fsp3) is 0.471. The number of pyridine rings is 1. The number of fused-ring (bicyclic) bond motifs is 1. The Morgan fingerprint density at radius 2 is 1.95 bits per heavy atom. The molecule has 2 rings (SSSR count). The molecule has 1 aromatic carbocycles. The highest BCUT2D eigenvalue weighted by Gasteiger charge is 2.07. The highest BCUT2D eigenvalue weighted by atomic mass is 14.7. The molecule has 1 heterocycles. The first kappa shape index (κ1) is 14.0. The predicted molar refractivity (Wildman–Crippen MR) is 82.2 cm³/mol. The van der Waals surface area contributed by atoms with E-state index in [0.29, 0.717) is 0 Å². The molecule has 1 atom stereocenters. The van der Waals surface area contributed by atoms with E-state index in [1.807, 2.05) is 12.3 Å². The Balaban J connectivity index is 1.97. The van der Waals surface area contributed by atoms with Crippen molar-refractivity contribution in [2.45, 2.75) is 51.5 Å². The van der Waals surface area contributed by atoms with Crippen LogP contribution in [0.1, 0.15) is 44.6 Å². The number of nitrogens with zero attached hydrogens (tertiary/aromatic N) is 1. The first-order valence-electron chi connectivity index (χ1n) is 7.39. The molecule has 0 bridgehead atoms. The molecule has 2 N–H and O–H groups in total. The van der Waals surface area contributed by atoms with Crippen LogP contribution in [0.4, 0.5) is 0 Å². The quantitative estimate of drug-likeness (QED) is 0.758. The third-order valence-corrected chi connectivity index (χ3v) is 3.65. The van der Waals surface area contributed by atoms with Crippen molar-refractivity contribution in [3.63, 3.8) is 0 Å². The fourth-order valence-corrected chi connectivity index (χ4v) is 2.55. The zero-order valence-electron chi connectivity index (χ0n) is 11.8. The second kappa shape index (κ2) is 7.25. The van der Waals surface area contributed by atoms with Gasteiger partial charge >= 0.3 is 0 Å². The topological polar surface area (TPSA) is 38.9 Å². The van der Waals surface area contributed by atoms with E-state index < -0.39 is 0 Å². The van der Waals surface area contributed by atoms with Gasteiger partial charge in [0.1, 0.15) is 0 Å². The van der Waals surface area contributed by atoms with Crippen molar-refractivity contribution < 1.29 is 0 Å². The van der Waals surface area contributed by atoms with Gasteiger partial charge in [-0.05, 0) is 30.5 Å². The van der Waals surface area contributed by atoms with Gasteiger partial charge in [0.15, 0.2) is 0 Å². The van der Waals surface area contributed by atoms with Gasteiger partial charge in [-0.1, -0.05) is 50.8 Å². The number of benzene rings is 1. The van der Waals surface area contributed by atoms with Gasteiger partial charge in [-0.25, -0.2) is 0 Å². The Labute approximate surface area is 116 Å². The van der Waals surface area contributed by atoms with E-state index in [1.54, 1.807) is 0 Å². The number of aromatic nitrogens is 1. The van der Waals surface area contributed by atoms with E-state index in [-0.39, 0.29) is 6.04 Å². The van der Waals surface area contributed by atoms with Crippen LogP contribution in [-0.2, 0) is 6.42 Å². The molecule has 0 spiro atoms. The number of hydrogen-bond acceptors (Lipinski definition) is 2. The molecule has 1 unspecified atom stereocenters. The summed E-state index contributed by atoms with van der Waals surface area (Å²) >= 11 is 0. The van der Waals surface area contributed by atoms with E-state index in [1.165, 1.54) is 36.6 Å². The third-order valence-electron chi connectivity index (χ3n) is 3.65. The van der Waals surface area contributed by atoms with Crippen LogP contribution in [0.15, 0.2) is 36.5 Å². The molecular weight excluding hydrogens is 232 g/mol. The molecule has 2 nitrogen and oxygen atoms in total. The lowest BCUT2D eigenvalue weighted by Crippen LogP contribution is -2.22. The van der Waals surface area contributed by atoms with E-state index in [4.69, 9.17) is 5.73 Å². The minimum absolute atomic E-state index is 0.266. The zero-order valence-corrected chi connectivity index (χ0v) is 11.8. The van der Waals surface area contributed by atoms with E-state index in [9.17, 15) is 0 Å². The lowest BCUT2D eigenvalue weighted by molar-refractivity contribution is 0.547. The number of unbranched alkanes of at least 4 members (excludes halogenated alkanes) is 3. The first-order chi connectivity index (χ1) is 9.31. The summed E-state index contributed by atoms with van der Waals surface area (Å²) in [5.41, 5.74) is 8.65. The van der Waals surface area contributed by atoms with Gasteiger partial charge in [-0.2, -0.15) is 0 Å². The monoisotopic (exact) mass is 256 g/mol. The molecule has 19 heavy (non-hydrogen) atoms. The van der Waals surface area contributed by atoms with Crippen LogP contribution in [0.25, 0.3) is 10.9 Å². The summed E-state index contributed by atoms with van der Waals surface area (Å²) in [6.45, 7) is 2.24. The van der Waals surface area contributed by atoms with Gasteiger partial charge in [0, 0.05) is 17.6 Å². The van der Waals surface area contributed by atoms with Crippen molar-refractivity contribution in [2.75, 3.05) is 0 Å².